The Morgan fingerprint density at radius 3 is 2.36 bits per heavy atom. The minimum absolute atomic E-state index is 0.0141. The summed E-state index contributed by atoms with van der Waals surface area (Å²) < 4.78 is 49.6. The molecular formula is C32H32F3N5O4. The Kier molecular flexibility index (Phi) is 9.90. The topological polar surface area (TPSA) is 101 Å². The van der Waals surface area contributed by atoms with Gasteiger partial charge in [0.2, 0.25) is 11.7 Å². The van der Waals surface area contributed by atoms with Gasteiger partial charge in [-0.25, -0.2) is 4.79 Å². The number of piperazine rings is 1. The Balaban J connectivity index is 1.02. The van der Waals surface area contributed by atoms with Gasteiger partial charge in [-0.3, -0.25) is 9.69 Å². The molecule has 0 unspecified atom stereocenters. The van der Waals surface area contributed by atoms with Crippen molar-refractivity contribution in [3.05, 3.63) is 95.6 Å². The van der Waals surface area contributed by atoms with Gasteiger partial charge in [-0.15, -0.1) is 0 Å². The number of carbonyl (C=O) groups excluding carboxylic acids is 2. The lowest BCUT2D eigenvalue weighted by atomic mass is 10.1. The summed E-state index contributed by atoms with van der Waals surface area (Å²) in [7, 11) is 0. The molecule has 12 heteroatoms. The van der Waals surface area contributed by atoms with Gasteiger partial charge in [0.15, 0.2) is 0 Å². The molecule has 3 aromatic carbocycles. The SMILES string of the molecule is O=C(NCCCC(=O)N1CCN(Cc2ccc(-c3noc(-c4cccc(C(F)(F)F)c4)n3)cc2)CC1)OCc1ccccc1. The van der Waals surface area contributed by atoms with E-state index >= 15 is 0 Å². The highest BCUT2D eigenvalue weighted by molar-refractivity contribution is 5.76. The Morgan fingerprint density at radius 2 is 1.64 bits per heavy atom. The number of halogens is 3. The zero-order chi connectivity index (χ0) is 30.9. The molecule has 0 atom stereocenters. The molecule has 9 nitrogen and oxygen atoms in total. The van der Waals surface area contributed by atoms with Crippen LogP contribution in [0.25, 0.3) is 22.8 Å². The lowest BCUT2D eigenvalue weighted by Crippen LogP contribution is -2.48. The van der Waals surface area contributed by atoms with Gasteiger partial charge in [0.05, 0.1) is 5.56 Å². The molecule has 0 radical (unpaired) electrons. The molecule has 1 aromatic heterocycles. The molecule has 1 N–H and O–H groups in total. The predicted octanol–water partition coefficient (Wildman–Crippen LogP) is 5.77. The quantitative estimate of drug-likeness (QED) is 0.228. The minimum atomic E-state index is -4.46. The first kappa shape index (κ1) is 30.7. The zero-order valence-electron chi connectivity index (χ0n) is 23.9. The molecule has 2 amide bonds. The number of benzene rings is 3. The summed E-state index contributed by atoms with van der Waals surface area (Å²) in [5.41, 5.74) is 2.08. The van der Waals surface area contributed by atoms with Gasteiger partial charge < -0.3 is 19.5 Å². The molecule has 0 spiro atoms. The number of hydrogen-bond acceptors (Lipinski definition) is 7. The van der Waals surface area contributed by atoms with Gasteiger partial charge >= 0.3 is 12.3 Å². The molecule has 0 aliphatic carbocycles. The van der Waals surface area contributed by atoms with Crippen molar-refractivity contribution in [2.45, 2.75) is 32.2 Å². The van der Waals surface area contributed by atoms with E-state index in [0.29, 0.717) is 44.6 Å². The Hall–Kier alpha value is -4.71. The summed E-state index contributed by atoms with van der Waals surface area (Å²) in [5, 5.41) is 6.62. The third-order valence-electron chi connectivity index (χ3n) is 7.26. The summed E-state index contributed by atoms with van der Waals surface area (Å²) in [5.74, 6) is 0.369. The van der Waals surface area contributed by atoms with Crippen LogP contribution in [0.3, 0.4) is 0 Å². The van der Waals surface area contributed by atoms with Crippen LogP contribution in [0.15, 0.2) is 83.4 Å². The van der Waals surface area contributed by atoms with Crippen LogP contribution in [0, 0.1) is 0 Å². The number of hydrogen-bond donors (Lipinski definition) is 1. The summed E-state index contributed by atoms with van der Waals surface area (Å²) in [6, 6.07) is 21.8. The summed E-state index contributed by atoms with van der Waals surface area (Å²) in [6.45, 7) is 4.01. The maximum absolute atomic E-state index is 13.1. The van der Waals surface area contributed by atoms with E-state index in [1.165, 1.54) is 12.1 Å². The van der Waals surface area contributed by atoms with Crippen LogP contribution in [-0.4, -0.2) is 64.7 Å². The summed E-state index contributed by atoms with van der Waals surface area (Å²) in [4.78, 5) is 32.9. The maximum Gasteiger partial charge on any atom is 0.416 e. The number of amides is 2. The van der Waals surface area contributed by atoms with Crippen molar-refractivity contribution < 1.29 is 32.0 Å². The van der Waals surface area contributed by atoms with Gasteiger partial charge in [-0.2, -0.15) is 18.2 Å². The fraction of sp³-hybridized carbons (Fsp3) is 0.312. The van der Waals surface area contributed by atoms with Crippen LogP contribution in [-0.2, 0) is 28.9 Å². The number of rotatable bonds is 10. The van der Waals surface area contributed by atoms with Crippen molar-refractivity contribution in [2.75, 3.05) is 32.7 Å². The highest BCUT2D eigenvalue weighted by Gasteiger charge is 2.31. The van der Waals surface area contributed by atoms with E-state index in [4.69, 9.17) is 9.26 Å². The van der Waals surface area contributed by atoms with Crippen LogP contribution < -0.4 is 5.32 Å². The molecule has 1 fully saturated rings. The summed E-state index contributed by atoms with van der Waals surface area (Å²) >= 11 is 0. The number of aromatic nitrogens is 2. The van der Waals surface area contributed by atoms with Crippen LogP contribution in [0.5, 0.6) is 0 Å². The first-order valence-corrected chi connectivity index (χ1v) is 14.3. The number of nitrogens with one attached hydrogen (secondary N) is 1. The van der Waals surface area contributed by atoms with Gasteiger partial charge in [0.25, 0.3) is 5.89 Å². The first-order chi connectivity index (χ1) is 21.2. The largest absolute Gasteiger partial charge is 0.445 e. The van der Waals surface area contributed by atoms with Crippen molar-refractivity contribution in [1.29, 1.82) is 0 Å². The number of carbonyl (C=O) groups is 2. The van der Waals surface area contributed by atoms with Crippen molar-refractivity contribution >= 4 is 12.0 Å². The minimum Gasteiger partial charge on any atom is -0.445 e. The normalized spacial score (nSPS) is 13.9. The monoisotopic (exact) mass is 607 g/mol. The summed E-state index contributed by atoms with van der Waals surface area (Å²) in [6.07, 6.45) is -4.07. The molecule has 1 aliphatic rings. The van der Waals surface area contributed by atoms with Crippen LogP contribution in [0.4, 0.5) is 18.0 Å². The van der Waals surface area contributed by atoms with E-state index in [9.17, 15) is 22.8 Å². The molecular weight excluding hydrogens is 575 g/mol. The molecule has 0 saturated carbocycles. The fourth-order valence-corrected chi connectivity index (χ4v) is 4.82. The predicted molar refractivity (Wildman–Crippen MR) is 156 cm³/mol. The van der Waals surface area contributed by atoms with E-state index in [1.807, 2.05) is 59.5 Å². The maximum atomic E-state index is 13.1. The number of nitrogens with zero attached hydrogens (tertiary/aromatic N) is 4. The first-order valence-electron chi connectivity index (χ1n) is 14.3. The fourth-order valence-electron chi connectivity index (χ4n) is 4.82. The third kappa shape index (κ3) is 8.44. The number of ether oxygens (including phenoxy) is 1. The van der Waals surface area contributed by atoms with Crippen LogP contribution in [0.2, 0.25) is 0 Å². The highest BCUT2D eigenvalue weighted by atomic mass is 19.4. The standard InChI is InChI=1S/C32H32F3N5O4/c33-32(34,35)27-9-4-8-26(20-27)30-37-29(38-44-30)25-13-11-23(12-14-25)21-39-16-18-40(19-17-39)28(41)10-5-15-36-31(42)43-22-24-6-2-1-3-7-24/h1-4,6-9,11-14,20H,5,10,15-19,21-22H2,(H,36,42). The number of alkyl halides is 3. The lowest BCUT2D eigenvalue weighted by Gasteiger charge is -2.34. The molecule has 1 aliphatic heterocycles. The molecule has 2 heterocycles. The average molecular weight is 608 g/mol. The Bertz CT molecular complexity index is 1540. The van der Waals surface area contributed by atoms with E-state index in [1.54, 1.807) is 0 Å². The van der Waals surface area contributed by atoms with Gasteiger partial charge in [0, 0.05) is 56.8 Å². The Morgan fingerprint density at radius 1 is 0.886 bits per heavy atom. The van der Waals surface area contributed by atoms with Crippen molar-refractivity contribution in [3.63, 3.8) is 0 Å². The smallest absolute Gasteiger partial charge is 0.416 e. The second-order valence-corrected chi connectivity index (χ2v) is 10.4. The molecule has 4 aromatic rings. The van der Waals surface area contributed by atoms with Crippen molar-refractivity contribution in [2.24, 2.45) is 0 Å². The molecule has 230 valence electrons. The third-order valence-corrected chi connectivity index (χ3v) is 7.26. The molecule has 1 saturated heterocycles. The second kappa shape index (κ2) is 14.2. The number of alkyl carbamates (subject to hydrolysis) is 1. The zero-order valence-corrected chi connectivity index (χ0v) is 23.9. The van der Waals surface area contributed by atoms with Gasteiger partial charge in [-0.1, -0.05) is 65.8 Å². The van der Waals surface area contributed by atoms with Crippen molar-refractivity contribution in [3.8, 4) is 22.8 Å². The van der Waals surface area contributed by atoms with Gasteiger partial charge in [-0.05, 0) is 35.7 Å². The van der Waals surface area contributed by atoms with E-state index in [0.717, 1.165) is 36.3 Å². The van der Waals surface area contributed by atoms with Crippen molar-refractivity contribution in [1.82, 2.24) is 25.3 Å². The van der Waals surface area contributed by atoms with E-state index in [2.05, 4.69) is 20.4 Å². The lowest BCUT2D eigenvalue weighted by molar-refractivity contribution is -0.137. The second-order valence-electron chi connectivity index (χ2n) is 10.4. The molecule has 44 heavy (non-hydrogen) atoms. The van der Waals surface area contributed by atoms with Crippen LogP contribution >= 0.6 is 0 Å². The van der Waals surface area contributed by atoms with Gasteiger partial charge in [0.1, 0.15) is 6.61 Å². The molecule has 5 rings (SSSR count). The Labute approximate surface area is 252 Å². The molecule has 0 bridgehead atoms. The van der Waals surface area contributed by atoms with E-state index < -0.39 is 17.8 Å². The van der Waals surface area contributed by atoms with Crippen LogP contribution in [0.1, 0.15) is 29.5 Å². The average Bonchev–Trinajstić information content (AvgIpc) is 3.53. The highest BCUT2D eigenvalue weighted by Crippen LogP contribution is 2.32. The van der Waals surface area contributed by atoms with E-state index in [-0.39, 0.29) is 29.8 Å².